The summed E-state index contributed by atoms with van der Waals surface area (Å²) in [7, 11) is 0. The average molecular weight is 375 g/mol. The molecule has 0 bridgehead atoms. The highest BCUT2D eigenvalue weighted by Gasteiger charge is 2.20. The van der Waals surface area contributed by atoms with Gasteiger partial charge in [0.2, 0.25) is 0 Å². The van der Waals surface area contributed by atoms with Gasteiger partial charge in [-0.2, -0.15) is 0 Å². The van der Waals surface area contributed by atoms with Crippen LogP contribution in [-0.2, 0) is 17.8 Å². The molecule has 25 heavy (non-hydrogen) atoms. The van der Waals surface area contributed by atoms with Crippen LogP contribution in [0.15, 0.2) is 41.3 Å². The van der Waals surface area contributed by atoms with E-state index in [1.807, 2.05) is 31.4 Å². The Bertz CT molecular complexity index is 741. The summed E-state index contributed by atoms with van der Waals surface area (Å²) >= 11 is 2.98. The van der Waals surface area contributed by atoms with E-state index in [0.29, 0.717) is 6.61 Å². The van der Waals surface area contributed by atoms with Crippen LogP contribution < -0.4 is 4.74 Å². The smallest absolute Gasteiger partial charge is 0.195 e. The van der Waals surface area contributed by atoms with Crippen LogP contribution >= 0.6 is 23.5 Å². The zero-order valence-electron chi connectivity index (χ0n) is 15.6. The predicted molar refractivity (Wildman–Crippen MR) is 110 cm³/mol. The molecule has 1 unspecified atom stereocenters. The summed E-state index contributed by atoms with van der Waals surface area (Å²) in [5.41, 5.74) is 4.64. The summed E-state index contributed by atoms with van der Waals surface area (Å²) in [6.45, 7) is 6.68. The van der Waals surface area contributed by atoms with Crippen LogP contribution in [0, 0.1) is 6.92 Å². The van der Waals surface area contributed by atoms with Gasteiger partial charge in [0.15, 0.2) is 5.12 Å². The summed E-state index contributed by atoms with van der Waals surface area (Å²) in [6, 6.07) is 12.5. The van der Waals surface area contributed by atoms with Gasteiger partial charge in [-0.1, -0.05) is 49.9 Å². The van der Waals surface area contributed by atoms with Gasteiger partial charge in [0, 0.05) is 10.5 Å². The van der Waals surface area contributed by atoms with E-state index in [1.54, 1.807) is 11.8 Å². The van der Waals surface area contributed by atoms with Crippen molar-refractivity contribution in [2.24, 2.45) is 0 Å². The van der Waals surface area contributed by atoms with Gasteiger partial charge in [0.25, 0.3) is 0 Å². The molecule has 4 heteroatoms. The molecule has 0 spiro atoms. The fraction of sp³-hybridized carbons (Fsp3) is 0.381. The van der Waals surface area contributed by atoms with Crippen molar-refractivity contribution in [3.63, 3.8) is 0 Å². The molecule has 2 aromatic rings. The molecule has 0 aliphatic rings. The molecule has 2 aromatic carbocycles. The topological polar surface area (TPSA) is 26.3 Å². The minimum absolute atomic E-state index is 0.135. The lowest BCUT2D eigenvalue weighted by Gasteiger charge is -2.19. The fourth-order valence-corrected chi connectivity index (χ4v) is 4.00. The highest BCUT2D eigenvalue weighted by molar-refractivity contribution is 8.13. The number of carbonyl (C=O) groups is 1. The standard InChI is InChI=1S/C21H26O2S2/c1-6-16-10-11-19(14(2)12-16)23-13-18-17(15(3)21(22)25-5)8-7-9-20(18)24-4/h7-12,15H,6,13H2,1-5H3. The van der Waals surface area contributed by atoms with E-state index in [0.717, 1.165) is 28.9 Å². The molecule has 0 amide bonds. The third-order valence-electron chi connectivity index (χ3n) is 4.43. The van der Waals surface area contributed by atoms with Crippen LogP contribution in [0.1, 0.15) is 42.0 Å². The van der Waals surface area contributed by atoms with Crippen molar-refractivity contribution in [3.8, 4) is 5.75 Å². The van der Waals surface area contributed by atoms with Gasteiger partial charge in [-0.3, -0.25) is 4.79 Å². The van der Waals surface area contributed by atoms with Crippen molar-refractivity contribution >= 4 is 28.6 Å². The highest BCUT2D eigenvalue weighted by atomic mass is 32.2. The highest BCUT2D eigenvalue weighted by Crippen LogP contribution is 2.32. The Morgan fingerprint density at radius 2 is 1.96 bits per heavy atom. The molecule has 0 aliphatic heterocycles. The molecule has 0 saturated heterocycles. The first-order valence-corrected chi connectivity index (χ1v) is 10.9. The minimum Gasteiger partial charge on any atom is -0.489 e. The summed E-state index contributed by atoms with van der Waals surface area (Å²) < 4.78 is 6.14. The number of benzene rings is 2. The van der Waals surface area contributed by atoms with Gasteiger partial charge in [-0.05, 0) is 54.7 Å². The van der Waals surface area contributed by atoms with Gasteiger partial charge in [-0.15, -0.1) is 11.8 Å². The largest absolute Gasteiger partial charge is 0.489 e. The Morgan fingerprint density at radius 3 is 2.56 bits per heavy atom. The first-order valence-electron chi connectivity index (χ1n) is 8.47. The molecule has 134 valence electrons. The number of carbonyl (C=O) groups excluding carboxylic acids is 1. The Balaban J connectivity index is 2.30. The number of aryl methyl sites for hydroxylation is 2. The molecule has 0 heterocycles. The van der Waals surface area contributed by atoms with E-state index in [9.17, 15) is 4.79 Å². The van der Waals surface area contributed by atoms with Crippen LogP contribution in [0.5, 0.6) is 5.75 Å². The number of ether oxygens (including phenoxy) is 1. The fourth-order valence-electron chi connectivity index (χ4n) is 2.88. The number of thioether (sulfide) groups is 2. The zero-order valence-corrected chi connectivity index (χ0v) is 17.2. The van der Waals surface area contributed by atoms with Crippen LogP contribution in [0.3, 0.4) is 0 Å². The second kappa shape index (κ2) is 9.35. The van der Waals surface area contributed by atoms with E-state index in [1.165, 1.54) is 22.2 Å². The average Bonchev–Trinajstić information content (AvgIpc) is 2.65. The predicted octanol–water partition coefficient (Wildman–Crippen LogP) is 5.85. The Morgan fingerprint density at radius 1 is 1.20 bits per heavy atom. The van der Waals surface area contributed by atoms with Crippen LogP contribution in [0.4, 0.5) is 0 Å². The van der Waals surface area contributed by atoms with E-state index in [4.69, 9.17) is 4.74 Å². The number of rotatable bonds is 7. The molecular formula is C21H26O2S2. The summed E-state index contributed by atoms with van der Waals surface area (Å²) in [5, 5.41) is 0.183. The maximum atomic E-state index is 12.2. The van der Waals surface area contributed by atoms with Gasteiger partial charge < -0.3 is 4.74 Å². The maximum Gasteiger partial charge on any atom is 0.195 e. The lowest BCUT2D eigenvalue weighted by molar-refractivity contribution is -0.111. The lowest BCUT2D eigenvalue weighted by atomic mass is 9.97. The zero-order chi connectivity index (χ0) is 18.4. The Hall–Kier alpha value is -1.39. The molecule has 0 aromatic heterocycles. The van der Waals surface area contributed by atoms with Crippen molar-refractivity contribution in [2.45, 2.75) is 44.6 Å². The molecule has 2 rings (SSSR count). The van der Waals surface area contributed by atoms with E-state index in [-0.39, 0.29) is 11.0 Å². The van der Waals surface area contributed by atoms with Crippen molar-refractivity contribution in [3.05, 3.63) is 58.7 Å². The van der Waals surface area contributed by atoms with E-state index >= 15 is 0 Å². The van der Waals surface area contributed by atoms with Gasteiger partial charge in [0.05, 0.1) is 5.92 Å². The van der Waals surface area contributed by atoms with Crippen LogP contribution in [0.25, 0.3) is 0 Å². The molecule has 0 radical (unpaired) electrons. The van der Waals surface area contributed by atoms with Crippen LogP contribution in [-0.4, -0.2) is 17.6 Å². The number of hydrogen-bond acceptors (Lipinski definition) is 4. The van der Waals surface area contributed by atoms with Crippen molar-refractivity contribution in [1.29, 1.82) is 0 Å². The maximum absolute atomic E-state index is 12.2. The Labute approximate surface area is 159 Å². The quantitative estimate of drug-likeness (QED) is 0.568. The third-order valence-corrected chi connectivity index (χ3v) is 6.01. The van der Waals surface area contributed by atoms with Crippen LogP contribution in [0.2, 0.25) is 0 Å². The molecule has 0 fully saturated rings. The first kappa shape index (κ1) is 19.9. The SMILES string of the molecule is CCc1ccc(OCc2c(SC)cccc2C(C)C(=O)SC)c(C)c1. The normalized spacial score (nSPS) is 12.0. The monoisotopic (exact) mass is 374 g/mol. The molecule has 0 N–H and O–H groups in total. The van der Waals surface area contributed by atoms with Gasteiger partial charge >= 0.3 is 0 Å². The summed E-state index contributed by atoms with van der Waals surface area (Å²) in [6.07, 6.45) is 4.92. The van der Waals surface area contributed by atoms with E-state index in [2.05, 4.69) is 38.3 Å². The van der Waals surface area contributed by atoms with Gasteiger partial charge in [-0.25, -0.2) is 0 Å². The number of hydrogen-bond donors (Lipinski definition) is 0. The summed E-state index contributed by atoms with van der Waals surface area (Å²) in [4.78, 5) is 13.3. The molecular weight excluding hydrogens is 348 g/mol. The van der Waals surface area contributed by atoms with Crippen molar-refractivity contribution < 1.29 is 9.53 Å². The van der Waals surface area contributed by atoms with Gasteiger partial charge in [0.1, 0.15) is 12.4 Å². The summed E-state index contributed by atoms with van der Waals surface area (Å²) in [5.74, 6) is 0.771. The first-order chi connectivity index (χ1) is 12.0. The van der Waals surface area contributed by atoms with E-state index < -0.39 is 0 Å². The van der Waals surface area contributed by atoms with Crippen molar-refractivity contribution in [1.82, 2.24) is 0 Å². The van der Waals surface area contributed by atoms with Crippen molar-refractivity contribution in [2.75, 3.05) is 12.5 Å². The second-order valence-corrected chi connectivity index (χ2v) is 7.67. The minimum atomic E-state index is -0.135. The Kier molecular flexibility index (Phi) is 7.45. The molecule has 0 aliphatic carbocycles. The second-order valence-electron chi connectivity index (χ2n) is 6.01. The third kappa shape index (κ3) is 4.83. The lowest BCUT2D eigenvalue weighted by Crippen LogP contribution is -2.10. The molecule has 1 atom stereocenters. The molecule has 2 nitrogen and oxygen atoms in total. The molecule has 0 saturated carbocycles.